The summed E-state index contributed by atoms with van der Waals surface area (Å²) in [6.45, 7) is 0.400. The van der Waals surface area contributed by atoms with Crippen LogP contribution in [0, 0.1) is 0 Å². The second-order valence-corrected chi connectivity index (χ2v) is 4.21. The van der Waals surface area contributed by atoms with Gasteiger partial charge in [0.2, 0.25) is 0 Å². The third-order valence-electron chi connectivity index (χ3n) is 2.66. The van der Waals surface area contributed by atoms with Gasteiger partial charge in [0.25, 0.3) is 0 Å². The van der Waals surface area contributed by atoms with Crippen molar-refractivity contribution in [1.82, 2.24) is 0 Å². The number of carboxylic acids is 1. The van der Waals surface area contributed by atoms with Crippen LogP contribution < -0.4 is 10.2 Å². The summed E-state index contributed by atoms with van der Waals surface area (Å²) >= 11 is 0. The van der Waals surface area contributed by atoms with Crippen LogP contribution in [-0.4, -0.2) is 18.9 Å². The number of hydrogen-bond donors (Lipinski definition) is 1. The van der Waals surface area contributed by atoms with E-state index in [1.165, 1.54) is 0 Å². The van der Waals surface area contributed by atoms with E-state index in [1.54, 1.807) is 18.2 Å². The molecule has 0 heterocycles. The predicted molar refractivity (Wildman–Crippen MR) is 73.9 cm³/mol. The van der Waals surface area contributed by atoms with Crippen LogP contribution >= 0.6 is 0 Å². The Balaban J connectivity index is 2.13. The second kappa shape index (κ2) is 6.09. The van der Waals surface area contributed by atoms with E-state index < -0.39 is 5.97 Å². The highest BCUT2D eigenvalue weighted by Gasteiger charge is 2.08. The van der Waals surface area contributed by atoms with Gasteiger partial charge in [-0.1, -0.05) is 47.9 Å². The highest BCUT2D eigenvalue weighted by Crippen LogP contribution is 2.19. The number of benzene rings is 2. The first-order valence-electron chi connectivity index (χ1n) is 5.92. The topological polar surface area (TPSA) is 46.5 Å². The van der Waals surface area contributed by atoms with Crippen molar-refractivity contribution in [3.05, 3.63) is 59.7 Å². The van der Waals surface area contributed by atoms with Crippen molar-refractivity contribution < 1.29 is 14.6 Å². The van der Waals surface area contributed by atoms with Crippen molar-refractivity contribution in [2.45, 2.75) is 13.0 Å². The Morgan fingerprint density at radius 3 is 2.58 bits per heavy atom. The first kappa shape index (κ1) is 13.2. The molecule has 0 bridgehead atoms. The average Bonchev–Trinajstić information content (AvgIpc) is 2.38. The first-order chi connectivity index (χ1) is 9.15. The van der Waals surface area contributed by atoms with E-state index in [1.807, 2.05) is 30.3 Å². The Morgan fingerprint density at radius 1 is 1.16 bits per heavy atom. The van der Waals surface area contributed by atoms with Gasteiger partial charge in [-0.3, -0.25) is 4.79 Å². The minimum atomic E-state index is -0.907. The Labute approximate surface area is 113 Å². The van der Waals surface area contributed by atoms with Gasteiger partial charge in [-0.25, -0.2) is 0 Å². The van der Waals surface area contributed by atoms with Crippen molar-refractivity contribution >= 4 is 19.3 Å². The number of aliphatic carboxylic acids is 1. The Bertz CT molecular complexity index is 567. The molecule has 0 aliphatic heterocycles. The summed E-state index contributed by atoms with van der Waals surface area (Å²) in [4.78, 5) is 10.8. The van der Waals surface area contributed by atoms with Gasteiger partial charge in [-0.05, 0) is 11.6 Å². The zero-order valence-electron chi connectivity index (χ0n) is 10.4. The van der Waals surface area contributed by atoms with Crippen molar-refractivity contribution in [3.63, 3.8) is 0 Å². The van der Waals surface area contributed by atoms with Gasteiger partial charge in [0.15, 0.2) is 0 Å². The van der Waals surface area contributed by atoms with Crippen LogP contribution in [0.2, 0.25) is 0 Å². The van der Waals surface area contributed by atoms with Gasteiger partial charge in [-0.15, -0.1) is 0 Å². The normalized spacial score (nSPS) is 10.1. The molecule has 2 rings (SSSR count). The summed E-state index contributed by atoms with van der Waals surface area (Å²) in [6.07, 6.45) is -0.102. The van der Waals surface area contributed by atoms with Gasteiger partial charge in [0.05, 0.1) is 6.42 Å². The molecule has 0 aliphatic rings. The molecule has 0 aliphatic carbocycles. The summed E-state index contributed by atoms with van der Waals surface area (Å²) in [5, 5.41) is 8.87. The molecule has 19 heavy (non-hydrogen) atoms. The zero-order chi connectivity index (χ0) is 13.7. The summed E-state index contributed by atoms with van der Waals surface area (Å²) in [7, 11) is 5.66. The maximum Gasteiger partial charge on any atom is 0.307 e. The summed E-state index contributed by atoms with van der Waals surface area (Å²) < 4.78 is 5.66. The monoisotopic (exact) mass is 252 g/mol. The van der Waals surface area contributed by atoms with Crippen molar-refractivity contribution in [1.29, 1.82) is 0 Å². The number of carbonyl (C=O) groups is 1. The molecule has 94 valence electrons. The van der Waals surface area contributed by atoms with E-state index in [0.717, 1.165) is 5.56 Å². The quantitative estimate of drug-likeness (QED) is 0.823. The maximum absolute atomic E-state index is 10.8. The van der Waals surface area contributed by atoms with E-state index in [-0.39, 0.29) is 6.42 Å². The van der Waals surface area contributed by atoms with Crippen molar-refractivity contribution in [3.8, 4) is 5.75 Å². The second-order valence-electron chi connectivity index (χ2n) is 4.21. The van der Waals surface area contributed by atoms with Crippen LogP contribution in [0.3, 0.4) is 0 Å². The maximum atomic E-state index is 10.8. The minimum absolute atomic E-state index is 0.102. The lowest BCUT2D eigenvalue weighted by Gasteiger charge is -2.11. The van der Waals surface area contributed by atoms with Gasteiger partial charge < -0.3 is 9.84 Å². The molecule has 0 amide bonds. The third-order valence-corrected chi connectivity index (χ3v) is 2.66. The molecule has 0 spiro atoms. The molecule has 0 unspecified atom stereocenters. The number of ether oxygens (including phenoxy) is 1. The summed E-state index contributed by atoms with van der Waals surface area (Å²) in [6, 6.07) is 14.7. The fourth-order valence-electron chi connectivity index (χ4n) is 1.78. The van der Waals surface area contributed by atoms with Gasteiger partial charge in [0, 0.05) is 5.56 Å². The minimum Gasteiger partial charge on any atom is -0.489 e. The molecule has 0 atom stereocenters. The zero-order valence-corrected chi connectivity index (χ0v) is 10.4. The molecule has 0 fully saturated rings. The van der Waals surface area contributed by atoms with Crippen molar-refractivity contribution in [2.75, 3.05) is 0 Å². The van der Waals surface area contributed by atoms with Crippen LogP contribution in [0.1, 0.15) is 11.1 Å². The smallest absolute Gasteiger partial charge is 0.307 e. The molecule has 2 aromatic carbocycles. The van der Waals surface area contributed by atoms with Gasteiger partial charge in [-0.2, -0.15) is 0 Å². The molecule has 1 N–H and O–H groups in total. The number of rotatable bonds is 5. The lowest BCUT2D eigenvalue weighted by molar-refractivity contribution is -0.136. The van der Waals surface area contributed by atoms with Gasteiger partial charge in [0.1, 0.15) is 20.2 Å². The summed E-state index contributed by atoms with van der Waals surface area (Å²) in [5.41, 5.74) is 2.15. The van der Waals surface area contributed by atoms with Crippen LogP contribution in [0.15, 0.2) is 48.5 Å². The van der Waals surface area contributed by atoms with Crippen LogP contribution in [0.25, 0.3) is 0 Å². The van der Waals surface area contributed by atoms with Gasteiger partial charge >= 0.3 is 5.97 Å². The molecule has 2 aromatic rings. The van der Waals surface area contributed by atoms with E-state index in [4.69, 9.17) is 17.7 Å². The average molecular weight is 252 g/mol. The van der Waals surface area contributed by atoms with E-state index in [0.29, 0.717) is 23.4 Å². The Morgan fingerprint density at radius 2 is 1.89 bits per heavy atom. The molecular formula is C15H13BO3. The molecule has 0 saturated heterocycles. The van der Waals surface area contributed by atoms with Crippen molar-refractivity contribution in [2.24, 2.45) is 0 Å². The van der Waals surface area contributed by atoms with E-state index in [9.17, 15) is 4.79 Å². The SMILES string of the molecule is [B]c1ccc(OCc2ccccc2)c(CC(=O)O)c1. The predicted octanol–water partition coefficient (Wildman–Crippen LogP) is 1.69. The Kier molecular flexibility index (Phi) is 4.24. The largest absolute Gasteiger partial charge is 0.489 e. The molecule has 2 radical (unpaired) electrons. The Hall–Kier alpha value is -2.23. The lowest BCUT2D eigenvalue weighted by Crippen LogP contribution is -2.09. The number of carboxylic acid groups (broad SMARTS) is 1. The molecule has 3 nitrogen and oxygen atoms in total. The van der Waals surface area contributed by atoms with E-state index >= 15 is 0 Å². The fraction of sp³-hybridized carbons (Fsp3) is 0.133. The molecule has 0 aromatic heterocycles. The molecule has 4 heteroatoms. The highest BCUT2D eigenvalue weighted by atomic mass is 16.5. The standard InChI is InChI=1S/C15H13BO3/c16-13-6-7-14(12(8-13)9-15(17)18)19-10-11-4-2-1-3-5-11/h1-8H,9-10H2,(H,17,18). The van der Waals surface area contributed by atoms with E-state index in [2.05, 4.69) is 0 Å². The van der Waals surface area contributed by atoms with Crippen LogP contribution in [0.4, 0.5) is 0 Å². The number of hydrogen-bond acceptors (Lipinski definition) is 2. The lowest BCUT2D eigenvalue weighted by atomic mass is 9.93. The first-order valence-corrected chi connectivity index (χ1v) is 5.92. The summed E-state index contributed by atoms with van der Waals surface area (Å²) in [5.74, 6) is -0.351. The van der Waals surface area contributed by atoms with Crippen LogP contribution in [0.5, 0.6) is 5.75 Å². The highest BCUT2D eigenvalue weighted by molar-refractivity contribution is 6.32. The van der Waals surface area contributed by atoms with Crippen LogP contribution in [-0.2, 0) is 17.8 Å². The third kappa shape index (κ3) is 3.88. The fourth-order valence-corrected chi connectivity index (χ4v) is 1.78. The molecule has 0 saturated carbocycles. The molecular weight excluding hydrogens is 239 g/mol.